The topological polar surface area (TPSA) is 88.9 Å². The van der Waals surface area contributed by atoms with Crippen molar-refractivity contribution in [3.05, 3.63) is 65.2 Å². The van der Waals surface area contributed by atoms with Crippen LogP contribution in [0.3, 0.4) is 0 Å². The predicted octanol–water partition coefficient (Wildman–Crippen LogP) is 3.17. The Morgan fingerprint density at radius 3 is 2.57 bits per heavy atom. The lowest BCUT2D eigenvalue weighted by Gasteiger charge is -2.09. The molecule has 3 aromatic rings. The van der Waals surface area contributed by atoms with Crippen molar-refractivity contribution < 1.29 is 9.59 Å². The molecule has 0 aliphatic carbocycles. The van der Waals surface area contributed by atoms with Crippen molar-refractivity contribution in [2.75, 3.05) is 5.75 Å². The molecule has 2 aromatic carbocycles. The molecule has 7 nitrogen and oxygen atoms in total. The van der Waals surface area contributed by atoms with Crippen LogP contribution >= 0.6 is 23.4 Å². The van der Waals surface area contributed by atoms with Gasteiger partial charge in [0.25, 0.3) is 5.91 Å². The number of hydrogen-bond donors (Lipinski definition) is 2. The van der Waals surface area contributed by atoms with Crippen LogP contribution in [-0.2, 0) is 11.3 Å². The first-order valence-electron chi connectivity index (χ1n) is 8.54. The Hall–Kier alpha value is -2.84. The molecule has 28 heavy (non-hydrogen) atoms. The van der Waals surface area contributed by atoms with Crippen LogP contribution in [0.15, 0.2) is 59.8 Å². The summed E-state index contributed by atoms with van der Waals surface area (Å²) in [6.45, 7) is 2.62. The summed E-state index contributed by atoms with van der Waals surface area (Å²) in [5.74, 6) is 0.0522. The minimum Gasteiger partial charge on any atom is -0.302 e. The van der Waals surface area contributed by atoms with Gasteiger partial charge in [-0.1, -0.05) is 53.7 Å². The van der Waals surface area contributed by atoms with Crippen LogP contribution in [0.4, 0.5) is 0 Å². The van der Waals surface area contributed by atoms with E-state index in [1.54, 1.807) is 30.3 Å². The first-order chi connectivity index (χ1) is 13.6. The largest absolute Gasteiger partial charge is 0.302 e. The first kappa shape index (κ1) is 19.9. The quantitative estimate of drug-likeness (QED) is 0.476. The number of halogens is 1. The molecule has 3 rings (SSSR count). The molecule has 1 heterocycles. The number of carbonyl (C=O) groups is 2. The molecule has 0 radical (unpaired) electrons. The summed E-state index contributed by atoms with van der Waals surface area (Å²) in [5.41, 5.74) is 6.11. The highest BCUT2D eigenvalue weighted by atomic mass is 35.5. The van der Waals surface area contributed by atoms with E-state index in [-0.39, 0.29) is 17.6 Å². The second kappa shape index (κ2) is 9.38. The summed E-state index contributed by atoms with van der Waals surface area (Å²) in [5, 5.41) is 9.63. The van der Waals surface area contributed by atoms with Crippen molar-refractivity contribution in [2.45, 2.75) is 18.6 Å². The number of rotatable bonds is 6. The Labute approximate surface area is 171 Å². The molecule has 0 atom stereocenters. The third-order valence-electron chi connectivity index (χ3n) is 3.80. The van der Waals surface area contributed by atoms with E-state index >= 15 is 0 Å². The van der Waals surface area contributed by atoms with Crippen molar-refractivity contribution >= 4 is 35.2 Å². The van der Waals surface area contributed by atoms with Gasteiger partial charge in [0.15, 0.2) is 11.0 Å². The predicted molar refractivity (Wildman–Crippen MR) is 109 cm³/mol. The van der Waals surface area contributed by atoms with Gasteiger partial charge in [-0.3, -0.25) is 20.4 Å². The Morgan fingerprint density at radius 1 is 1.07 bits per heavy atom. The molecule has 0 aliphatic rings. The lowest BCUT2D eigenvalue weighted by atomic mass is 10.2. The first-order valence-corrected chi connectivity index (χ1v) is 9.91. The zero-order chi connectivity index (χ0) is 19.9. The molecular weight excluding hydrogens is 398 g/mol. The van der Waals surface area contributed by atoms with Crippen molar-refractivity contribution in [3.8, 4) is 11.4 Å². The molecule has 0 unspecified atom stereocenters. The minimum absolute atomic E-state index is 0.0861. The molecule has 1 aromatic heterocycles. The summed E-state index contributed by atoms with van der Waals surface area (Å²) >= 11 is 7.29. The normalized spacial score (nSPS) is 10.5. The molecule has 0 saturated carbocycles. The van der Waals surface area contributed by atoms with Gasteiger partial charge >= 0.3 is 0 Å². The van der Waals surface area contributed by atoms with Gasteiger partial charge in [-0.05, 0) is 31.2 Å². The molecule has 9 heteroatoms. The molecule has 144 valence electrons. The van der Waals surface area contributed by atoms with Crippen LogP contribution < -0.4 is 10.9 Å². The monoisotopic (exact) mass is 415 g/mol. The van der Waals surface area contributed by atoms with Gasteiger partial charge in [-0.2, -0.15) is 0 Å². The summed E-state index contributed by atoms with van der Waals surface area (Å²) in [7, 11) is 0. The summed E-state index contributed by atoms with van der Waals surface area (Å²) < 4.78 is 1.91. The maximum atomic E-state index is 12.1. The van der Waals surface area contributed by atoms with E-state index in [9.17, 15) is 9.59 Å². The fraction of sp³-hybridized carbons (Fsp3) is 0.158. The number of hydrazine groups is 1. The third-order valence-corrected chi connectivity index (χ3v) is 5.00. The number of benzene rings is 2. The molecule has 2 N–H and O–H groups in total. The van der Waals surface area contributed by atoms with E-state index in [1.165, 1.54) is 11.8 Å². The van der Waals surface area contributed by atoms with E-state index in [1.807, 2.05) is 35.8 Å². The highest BCUT2D eigenvalue weighted by Crippen LogP contribution is 2.25. The van der Waals surface area contributed by atoms with Gasteiger partial charge in [-0.25, -0.2) is 0 Å². The second-order valence-electron chi connectivity index (χ2n) is 5.72. The van der Waals surface area contributed by atoms with Crippen LogP contribution in [0.1, 0.15) is 17.3 Å². The number of aromatic nitrogens is 3. The zero-order valence-electron chi connectivity index (χ0n) is 15.1. The Morgan fingerprint density at radius 2 is 1.86 bits per heavy atom. The lowest BCUT2D eigenvalue weighted by molar-refractivity contribution is -0.119. The van der Waals surface area contributed by atoms with Gasteiger partial charge in [0, 0.05) is 22.7 Å². The Kier molecular flexibility index (Phi) is 6.67. The summed E-state index contributed by atoms with van der Waals surface area (Å²) in [4.78, 5) is 24.0. The Bertz CT molecular complexity index is 977. The van der Waals surface area contributed by atoms with Gasteiger partial charge in [0.05, 0.1) is 5.75 Å². The average molecular weight is 416 g/mol. The maximum Gasteiger partial charge on any atom is 0.269 e. The van der Waals surface area contributed by atoms with Crippen LogP contribution in [0.5, 0.6) is 0 Å². The van der Waals surface area contributed by atoms with E-state index in [0.717, 1.165) is 5.56 Å². The smallest absolute Gasteiger partial charge is 0.269 e. The Balaban J connectivity index is 1.58. The van der Waals surface area contributed by atoms with E-state index in [0.29, 0.717) is 28.1 Å². The van der Waals surface area contributed by atoms with Crippen molar-refractivity contribution in [1.29, 1.82) is 0 Å². The fourth-order valence-corrected chi connectivity index (χ4v) is 3.47. The molecule has 2 amide bonds. The highest BCUT2D eigenvalue weighted by molar-refractivity contribution is 7.99. The van der Waals surface area contributed by atoms with Gasteiger partial charge in [-0.15, -0.1) is 10.2 Å². The molecule has 0 fully saturated rings. The van der Waals surface area contributed by atoms with Crippen LogP contribution in [0.2, 0.25) is 5.02 Å². The number of thioether (sulfide) groups is 1. The van der Waals surface area contributed by atoms with Gasteiger partial charge in [0.2, 0.25) is 5.91 Å². The molecule has 0 saturated heterocycles. The van der Waals surface area contributed by atoms with Crippen LogP contribution in [0, 0.1) is 0 Å². The lowest BCUT2D eigenvalue weighted by Crippen LogP contribution is -2.42. The number of nitrogens with zero attached hydrogens (tertiary/aromatic N) is 3. The van der Waals surface area contributed by atoms with E-state index < -0.39 is 0 Å². The van der Waals surface area contributed by atoms with E-state index in [4.69, 9.17) is 11.6 Å². The minimum atomic E-state index is -0.376. The second-order valence-corrected chi connectivity index (χ2v) is 7.10. The SMILES string of the molecule is CCn1c(SCC(=O)NNC(=O)c2ccccc2)nnc1-c1cccc(Cl)c1. The zero-order valence-corrected chi connectivity index (χ0v) is 16.6. The van der Waals surface area contributed by atoms with Crippen molar-refractivity contribution in [1.82, 2.24) is 25.6 Å². The standard InChI is InChI=1S/C19H18ClN5O2S/c1-2-25-17(14-9-6-10-15(20)11-14)22-24-19(25)28-12-16(26)21-23-18(27)13-7-4-3-5-8-13/h3-11H,2,12H2,1H3,(H,21,26)(H,23,27). The third kappa shape index (κ3) is 4.90. The highest BCUT2D eigenvalue weighted by Gasteiger charge is 2.15. The van der Waals surface area contributed by atoms with Gasteiger partial charge in [0.1, 0.15) is 0 Å². The molecule has 0 bridgehead atoms. The number of hydrogen-bond acceptors (Lipinski definition) is 5. The van der Waals surface area contributed by atoms with Crippen molar-refractivity contribution in [2.24, 2.45) is 0 Å². The summed E-state index contributed by atoms with van der Waals surface area (Å²) in [6.07, 6.45) is 0. The number of amides is 2. The van der Waals surface area contributed by atoms with E-state index in [2.05, 4.69) is 21.0 Å². The molecule has 0 aliphatic heterocycles. The molecular formula is C19H18ClN5O2S. The maximum absolute atomic E-state index is 12.1. The number of carbonyl (C=O) groups excluding carboxylic acids is 2. The van der Waals surface area contributed by atoms with Gasteiger partial charge < -0.3 is 4.57 Å². The average Bonchev–Trinajstić information content (AvgIpc) is 3.14. The fourth-order valence-electron chi connectivity index (χ4n) is 2.48. The van der Waals surface area contributed by atoms with Crippen LogP contribution in [0.25, 0.3) is 11.4 Å². The molecule has 0 spiro atoms. The number of nitrogens with one attached hydrogen (secondary N) is 2. The van der Waals surface area contributed by atoms with Crippen LogP contribution in [-0.4, -0.2) is 32.3 Å². The van der Waals surface area contributed by atoms with Crippen molar-refractivity contribution in [3.63, 3.8) is 0 Å². The summed E-state index contributed by atoms with van der Waals surface area (Å²) in [6, 6.07) is 16.0.